The van der Waals surface area contributed by atoms with Gasteiger partial charge in [-0.25, -0.2) is 0 Å². The number of nitrogens with zero attached hydrogens (tertiary/aromatic N) is 1. The molecule has 0 spiro atoms. The first-order valence-electron chi connectivity index (χ1n) is 4.48. The summed E-state index contributed by atoms with van der Waals surface area (Å²) in [6.07, 6.45) is 0. The van der Waals surface area contributed by atoms with Crippen molar-refractivity contribution in [1.82, 2.24) is 5.32 Å². The van der Waals surface area contributed by atoms with E-state index in [-0.39, 0.29) is 24.9 Å². The summed E-state index contributed by atoms with van der Waals surface area (Å²) < 4.78 is 0. The molecule has 1 heterocycles. The van der Waals surface area contributed by atoms with Gasteiger partial charge in [0.2, 0.25) is 11.8 Å². The van der Waals surface area contributed by atoms with E-state index >= 15 is 0 Å². The maximum absolute atomic E-state index is 11.1. The number of benzene rings is 1. The number of piperazine rings is 1. The summed E-state index contributed by atoms with van der Waals surface area (Å²) in [5.74, 6) is -0.572. The average Bonchev–Trinajstić information content (AvgIpc) is 2.16. The Balaban J connectivity index is 2.23. The number of amides is 2. The topological polar surface area (TPSA) is 49.4 Å². The molecule has 1 aliphatic rings. The molecular formula is C10H9ClN2O2. The fraction of sp³-hybridized carbons (Fsp3) is 0.200. The Hall–Kier alpha value is -1.55. The summed E-state index contributed by atoms with van der Waals surface area (Å²) in [7, 11) is 0. The Morgan fingerprint density at radius 2 is 1.87 bits per heavy atom. The number of imide groups is 1. The fourth-order valence-corrected chi connectivity index (χ4v) is 1.68. The van der Waals surface area contributed by atoms with Crippen molar-refractivity contribution in [1.29, 1.82) is 0 Å². The molecule has 0 aliphatic carbocycles. The maximum atomic E-state index is 11.1. The minimum Gasteiger partial charge on any atom is -0.353 e. The van der Waals surface area contributed by atoms with E-state index in [0.29, 0.717) is 5.02 Å². The second kappa shape index (κ2) is 3.90. The van der Waals surface area contributed by atoms with Crippen LogP contribution in [-0.4, -0.2) is 24.9 Å². The number of hydrogen-bond donors (Lipinski definition) is 1. The van der Waals surface area contributed by atoms with Gasteiger partial charge in [0, 0.05) is 10.7 Å². The van der Waals surface area contributed by atoms with Gasteiger partial charge in [0.1, 0.15) is 0 Å². The van der Waals surface area contributed by atoms with Gasteiger partial charge in [-0.05, 0) is 18.2 Å². The van der Waals surface area contributed by atoms with Crippen LogP contribution in [0.3, 0.4) is 0 Å². The first kappa shape index (κ1) is 9.98. The lowest BCUT2D eigenvalue weighted by atomic mass is 10.2. The van der Waals surface area contributed by atoms with Gasteiger partial charge in [0.05, 0.1) is 13.1 Å². The van der Waals surface area contributed by atoms with Gasteiger partial charge in [-0.15, -0.1) is 0 Å². The molecule has 1 N–H and O–H groups in total. The molecule has 0 bridgehead atoms. The van der Waals surface area contributed by atoms with Crippen LogP contribution in [0.1, 0.15) is 0 Å². The highest BCUT2D eigenvalue weighted by Crippen LogP contribution is 2.19. The van der Waals surface area contributed by atoms with Gasteiger partial charge in [-0.3, -0.25) is 14.9 Å². The van der Waals surface area contributed by atoms with Crippen molar-refractivity contribution in [3.8, 4) is 0 Å². The molecule has 1 aromatic rings. The highest BCUT2D eigenvalue weighted by atomic mass is 35.5. The van der Waals surface area contributed by atoms with E-state index in [1.165, 1.54) is 0 Å². The van der Waals surface area contributed by atoms with Crippen LogP contribution in [-0.2, 0) is 9.59 Å². The van der Waals surface area contributed by atoms with Crippen molar-refractivity contribution in [2.75, 3.05) is 18.0 Å². The molecule has 15 heavy (non-hydrogen) atoms. The molecule has 78 valence electrons. The zero-order chi connectivity index (χ0) is 10.8. The third-order valence-electron chi connectivity index (χ3n) is 2.12. The van der Waals surface area contributed by atoms with E-state index in [4.69, 9.17) is 11.6 Å². The van der Waals surface area contributed by atoms with Crippen molar-refractivity contribution >= 4 is 29.1 Å². The smallest absolute Gasteiger partial charge is 0.246 e. The second-order valence-electron chi connectivity index (χ2n) is 3.31. The van der Waals surface area contributed by atoms with E-state index in [1.54, 1.807) is 23.1 Å². The summed E-state index contributed by atoms with van der Waals surface area (Å²) in [5, 5.41) is 2.83. The lowest BCUT2D eigenvalue weighted by molar-refractivity contribution is -0.130. The molecule has 4 nitrogen and oxygen atoms in total. The largest absolute Gasteiger partial charge is 0.353 e. The highest BCUT2D eigenvalue weighted by molar-refractivity contribution is 6.30. The molecule has 1 aromatic carbocycles. The second-order valence-corrected chi connectivity index (χ2v) is 3.74. The number of carbonyl (C=O) groups is 2. The molecule has 0 aromatic heterocycles. The number of halogens is 1. The van der Waals surface area contributed by atoms with Crippen LogP contribution in [0.25, 0.3) is 0 Å². The molecule has 0 saturated carbocycles. The molecule has 5 heteroatoms. The molecule has 1 aliphatic heterocycles. The van der Waals surface area contributed by atoms with E-state index in [2.05, 4.69) is 5.32 Å². The summed E-state index contributed by atoms with van der Waals surface area (Å²) in [4.78, 5) is 24.0. The summed E-state index contributed by atoms with van der Waals surface area (Å²) in [6, 6.07) is 7.08. The lowest BCUT2D eigenvalue weighted by Crippen LogP contribution is -2.51. The van der Waals surface area contributed by atoms with Gasteiger partial charge < -0.3 is 4.90 Å². The monoisotopic (exact) mass is 224 g/mol. The number of carbonyl (C=O) groups excluding carboxylic acids is 2. The molecule has 0 radical (unpaired) electrons. The van der Waals surface area contributed by atoms with Gasteiger partial charge in [-0.1, -0.05) is 17.7 Å². The standard InChI is InChI=1S/C10H9ClN2O2/c11-7-2-1-3-8(4-7)13-5-9(14)12-10(15)6-13/h1-4H,5-6H2,(H,12,14,15). The predicted octanol–water partition coefficient (Wildman–Crippen LogP) is 0.803. The van der Waals surface area contributed by atoms with Crippen LogP contribution in [0.5, 0.6) is 0 Å². The number of nitrogens with one attached hydrogen (secondary N) is 1. The zero-order valence-electron chi connectivity index (χ0n) is 7.87. The fourth-order valence-electron chi connectivity index (χ4n) is 1.49. The third-order valence-corrected chi connectivity index (χ3v) is 2.36. The number of rotatable bonds is 1. The molecule has 1 fully saturated rings. The molecule has 2 rings (SSSR count). The molecule has 2 amide bonds. The van der Waals surface area contributed by atoms with Gasteiger partial charge in [0.15, 0.2) is 0 Å². The molecule has 0 unspecified atom stereocenters. The van der Waals surface area contributed by atoms with Crippen molar-refractivity contribution in [2.45, 2.75) is 0 Å². The van der Waals surface area contributed by atoms with Crippen LogP contribution in [0.4, 0.5) is 5.69 Å². The van der Waals surface area contributed by atoms with Gasteiger partial charge >= 0.3 is 0 Å². The quantitative estimate of drug-likeness (QED) is 0.718. The number of hydrogen-bond acceptors (Lipinski definition) is 3. The summed E-state index contributed by atoms with van der Waals surface area (Å²) >= 11 is 5.82. The van der Waals surface area contributed by atoms with Crippen LogP contribution < -0.4 is 10.2 Å². The lowest BCUT2D eigenvalue weighted by Gasteiger charge is -2.27. The first-order chi connectivity index (χ1) is 7.15. The minimum absolute atomic E-state index is 0.187. The van der Waals surface area contributed by atoms with Crippen molar-refractivity contribution in [2.24, 2.45) is 0 Å². The van der Waals surface area contributed by atoms with Crippen LogP contribution in [0.2, 0.25) is 5.02 Å². The third kappa shape index (κ3) is 2.27. The van der Waals surface area contributed by atoms with Crippen LogP contribution in [0, 0.1) is 0 Å². The minimum atomic E-state index is -0.286. The highest BCUT2D eigenvalue weighted by Gasteiger charge is 2.22. The molecule has 0 atom stereocenters. The number of anilines is 1. The normalized spacial score (nSPS) is 16.5. The molecular weight excluding hydrogens is 216 g/mol. The van der Waals surface area contributed by atoms with Crippen molar-refractivity contribution in [3.63, 3.8) is 0 Å². The van der Waals surface area contributed by atoms with Gasteiger partial charge in [0.25, 0.3) is 0 Å². The average molecular weight is 225 g/mol. The van der Waals surface area contributed by atoms with E-state index in [1.807, 2.05) is 6.07 Å². The zero-order valence-corrected chi connectivity index (χ0v) is 8.62. The van der Waals surface area contributed by atoms with Crippen molar-refractivity contribution < 1.29 is 9.59 Å². The van der Waals surface area contributed by atoms with Crippen LogP contribution in [0.15, 0.2) is 24.3 Å². The van der Waals surface area contributed by atoms with E-state index in [9.17, 15) is 9.59 Å². The summed E-state index contributed by atoms with van der Waals surface area (Å²) in [5.41, 5.74) is 0.783. The van der Waals surface area contributed by atoms with Crippen molar-refractivity contribution in [3.05, 3.63) is 29.3 Å². The van der Waals surface area contributed by atoms with E-state index in [0.717, 1.165) is 5.69 Å². The first-order valence-corrected chi connectivity index (χ1v) is 4.86. The SMILES string of the molecule is O=C1CN(c2cccc(Cl)c2)CC(=O)N1. The Kier molecular flexibility index (Phi) is 2.60. The van der Waals surface area contributed by atoms with Crippen LogP contribution >= 0.6 is 11.6 Å². The summed E-state index contributed by atoms with van der Waals surface area (Å²) in [6.45, 7) is 0.373. The maximum Gasteiger partial charge on any atom is 0.246 e. The Bertz CT molecular complexity index is 404. The predicted molar refractivity (Wildman–Crippen MR) is 56.8 cm³/mol. The Morgan fingerprint density at radius 1 is 1.20 bits per heavy atom. The Morgan fingerprint density at radius 3 is 2.47 bits per heavy atom. The molecule has 1 saturated heterocycles. The van der Waals surface area contributed by atoms with Gasteiger partial charge in [-0.2, -0.15) is 0 Å². The van der Waals surface area contributed by atoms with E-state index < -0.39 is 0 Å². The Labute approximate surface area is 91.8 Å².